The first-order valence-corrected chi connectivity index (χ1v) is 13.6. The third-order valence-electron chi connectivity index (χ3n) is 6.00. The molecule has 4 aromatic rings. The maximum atomic E-state index is 13.6. The number of anilines is 1. The number of para-hydroxylation sites is 1. The van der Waals surface area contributed by atoms with Crippen LogP contribution in [0, 0.1) is 5.82 Å². The molecule has 0 saturated heterocycles. The van der Waals surface area contributed by atoms with Crippen molar-refractivity contribution in [3.05, 3.63) is 89.9 Å². The second kappa shape index (κ2) is 9.16. The summed E-state index contributed by atoms with van der Waals surface area (Å²) in [7, 11) is -3.99. The van der Waals surface area contributed by atoms with Crippen molar-refractivity contribution in [2.24, 2.45) is 0 Å². The van der Waals surface area contributed by atoms with Gasteiger partial charge in [0.25, 0.3) is 10.0 Å². The van der Waals surface area contributed by atoms with Gasteiger partial charge in [0.2, 0.25) is 6.79 Å². The Kier molecular flexibility index (Phi) is 5.81. The topological polar surface area (TPSA) is 98.7 Å². The molecule has 0 bridgehead atoms. The van der Waals surface area contributed by atoms with Crippen molar-refractivity contribution in [1.29, 1.82) is 0 Å². The molecule has 37 heavy (non-hydrogen) atoms. The Bertz CT molecular complexity index is 1640. The second-order valence-corrected chi connectivity index (χ2v) is 11.1. The van der Waals surface area contributed by atoms with Crippen LogP contribution < -0.4 is 13.8 Å². The van der Waals surface area contributed by atoms with E-state index < -0.39 is 15.8 Å². The van der Waals surface area contributed by atoms with Gasteiger partial charge in [-0.15, -0.1) is 0 Å². The molecular weight excluding hydrogens is 517 g/mol. The quantitative estimate of drug-likeness (QED) is 0.199. The number of sulfonamides is 1. The van der Waals surface area contributed by atoms with Gasteiger partial charge in [0.15, 0.2) is 22.4 Å². The number of halogens is 1. The molecule has 3 heterocycles. The van der Waals surface area contributed by atoms with E-state index in [2.05, 4.69) is 9.97 Å². The van der Waals surface area contributed by atoms with Gasteiger partial charge >= 0.3 is 0 Å². The standard InChI is InChI=1S/C26H18FN3O5S2/c27-18-8-5-16(6-9-18)13-30-20-4-2-1-3-19(20)25-24(37(30,32)33)12-28-26(29-25)36-14-21(31)17-7-10-22-23(11-17)35-15-34-22/h1-12H,13-15H2. The normalized spacial score (nSPS) is 14.7. The molecule has 11 heteroatoms. The minimum absolute atomic E-state index is 0.0274. The Morgan fingerprint density at radius 2 is 1.81 bits per heavy atom. The summed E-state index contributed by atoms with van der Waals surface area (Å²) in [5.41, 5.74) is 2.47. The fourth-order valence-corrected chi connectivity index (χ4v) is 6.43. The number of hydrogen-bond donors (Lipinski definition) is 0. The molecule has 6 rings (SSSR count). The van der Waals surface area contributed by atoms with E-state index in [1.54, 1.807) is 54.6 Å². The van der Waals surface area contributed by atoms with Crippen molar-refractivity contribution in [2.75, 3.05) is 16.9 Å². The number of fused-ring (bicyclic) bond motifs is 4. The Hall–Kier alpha value is -3.96. The average molecular weight is 536 g/mol. The molecule has 0 fully saturated rings. The number of aromatic nitrogens is 2. The van der Waals surface area contributed by atoms with E-state index >= 15 is 0 Å². The van der Waals surface area contributed by atoms with Crippen LogP contribution in [0.15, 0.2) is 83.0 Å². The zero-order chi connectivity index (χ0) is 25.6. The molecule has 0 amide bonds. The summed E-state index contributed by atoms with van der Waals surface area (Å²) in [5, 5.41) is 0.282. The number of Topliss-reactive ketones (excluding diaryl/α,β-unsaturated/α-hetero) is 1. The highest BCUT2D eigenvalue weighted by atomic mass is 32.2. The fraction of sp³-hybridized carbons (Fsp3) is 0.115. The predicted molar refractivity (Wildman–Crippen MR) is 135 cm³/mol. The first-order valence-electron chi connectivity index (χ1n) is 11.2. The molecule has 8 nitrogen and oxygen atoms in total. The van der Waals surface area contributed by atoms with Crippen molar-refractivity contribution in [2.45, 2.75) is 16.6 Å². The highest BCUT2D eigenvalue weighted by molar-refractivity contribution is 7.99. The summed E-state index contributed by atoms with van der Waals surface area (Å²) >= 11 is 1.12. The van der Waals surface area contributed by atoms with E-state index in [0.29, 0.717) is 33.9 Å². The number of ether oxygens (including phenoxy) is 2. The lowest BCUT2D eigenvalue weighted by Crippen LogP contribution is -2.34. The van der Waals surface area contributed by atoms with E-state index in [1.807, 2.05) is 0 Å². The highest BCUT2D eigenvalue weighted by Crippen LogP contribution is 2.43. The molecule has 186 valence electrons. The van der Waals surface area contributed by atoms with Crippen LogP contribution in [0.25, 0.3) is 11.3 Å². The first kappa shape index (κ1) is 23.4. The van der Waals surface area contributed by atoms with Crippen molar-refractivity contribution in [1.82, 2.24) is 9.97 Å². The van der Waals surface area contributed by atoms with E-state index in [-0.39, 0.29) is 40.6 Å². The van der Waals surface area contributed by atoms with Crippen molar-refractivity contribution < 1.29 is 27.1 Å². The third-order valence-corrected chi connectivity index (χ3v) is 8.62. The maximum Gasteiger partial charge on any atom is 0.268 e. The second-order valence-electron chi connectivity index (χ2n) is 8.30. The lowest BCUT2D eigenvalue weighted by atomic mass is 10.1. The van der Waals surface area contributed by atoms with Gasteiger partial charge in [-0.1, -0.05) is 42.1 Å². The summed E-state index contributed by atoms with van der Waals surface area (Å²) in [5.74, 6) is 0.627. The lowest BCUT2D eigenvalue weighted by molar-refractivity contribution is 0.102. The van der Waals surface area contributed by atoms with E-state index in [4.69, 9.17) is 9.47 Å². The van der Waals surface area contributed by atoms with Crippen molar-refractivity contribution in [3.8, 4) is 22.8 Å². The molecule has 1 aromatic heterocycles. The van der Waals surface area contributed by atoms with E-state index in [0.717, 1.165) is 11.8 Å². The minimum Gasteiger partial charge on any atom is -0.454 e. The number of ketones is 1. The summed E-state index contributed by atoms with van der Waals surface area (Å²) < 4.78 is 52.4. The molecule has 2 aliphatic rings. The van der Waals surface area contributed by atoms with Gasteiger partial charge in [-0.3, -0.25) is 9.10 Å². The Labute approximate surface area is 216 Å². The van der Waals surface area contributed by atoms with Gasteiger partial charge in [-0.2, -0.15) is 0 Å². The van der Waals surface area contributed by atoms with Crippen molar-refractivity contribution in [3.63, 3.8) is 0 Å². The van der Waals surface area contributed by atoms with Crippen LogP contribution in [0.1, 0.15) is 15.9 Å². The summed E-state index contributed by atoms with van der Waals surface area (Å²) in [6, 6.07) is 17.7. The first-order chi connectivity index (χ1) is 17.9. The van der Waals surface area contributed by atoms with Gasteiger partial charge in [0.1, 0.15) is 10.7 Å². The Morgan fingerprint density at radius 1 is 1.03 bits per heavy atom. The molecule has 0 spiro atoms. The van der Waals surface area contributed by atoms with Gasteiger partial charge in [-0.05, 0) is 42.0 Å². The summed E-state index contributed by atoms with van der Waals surface area (Å²) in [4.78, 5) is 21.5. The largest absolute Gasteiger partial charge is 0.454 e. The monoisotopic (exact) mass is 535 g/mol. The molecule has 2 aliphatic heterocycles. The van der Waals surface area contributed by atoms with Gasteiger partial charge in [-0.25, -0.2) is 22.8 Å². The average Bonchev–Trinajstić information content (AvgIpc) is 3.39. The maximum absolute atomic E-state index is 13.6. The number of carbonyl (C=O) groups is 1. The zero-order valence-electron chi connectivity index (χ0n) is 19.1. The number of thioether (sulfide) groups is 1. The zero-order valence-corrected chi connectivity index (χ0v) is 20.8. The molecular formula is C26H18FN3O5S2. The fourth-order valence-electron chi connectivity index (χ4n) is 4.15. The van der Waals surface area contributed by atoms with E-state index in [9.17, 15) is 17.6 Å². The number of benzene rings is 3. The van der Waals surface area contributed by atoms with Crippen LogP contribution in [0.4, 0.5) is 10.1 Å². The SMILES string of the molecule is O=C(CSc1ncc2c(n1)-c1ccccc1N(Cc1ccc(F)cc1)S2(=O)=O)c1ccc2c(c1)OCO2. The van der Waals surface area contributed by atoms with Gasteiger partial charge < -0.3 is 9.47 Å². The van der Waals surface area contributed by atoms with Gasteiger partial charge in [0, 0.05) is 11.1 Å². The van der Waals surface area contributed by atoms with Crippen molar-refractivity contribution >= 4 is 33.3 Å². The smallest absolute Gasteiger partial charge is 0.268 e. The number of carbonyl (C=O) groups excluding carboxylic acids is 1. The summed E-state index contributed by atoms with van der Waals surface area (Å²) in [6.45, 7) is 0.149. The third kappa shape index (κ3) is 4.30. The van der Waals surface area contributed by atoms with E-state index in [1.165, 1.54) is 22.6 Å². The Balaban J connectivity index is 1.28. The van der Waals surface area contributed by atoms with Gasteiger partial charge in [0.05, 0.1) is 29.9 Å². The number of nitrogens with zero attached hydrogens (tertiary/aromatic N) is 3. The molecule has 0 atom stereocenters. The predicted octanol–water partition coefficient (Wildman–Crippen LogP) is 4.70. The molecule has 0 N–H and O–H groups in total. The molecule has 0 unspecified atom stereocenters. The summed E-state index contributed by atoms with van der Waals surface area (Å²) in [6.07, 6.45) is 1.28. The van der Waals surface area contributed by atoms with Crippen LogP contribution in [0.2, 0.25) is 0 Å². The molecule has 3 aromatic carbocycles. The van der Waals surface area contributed by atoms with Crippen LogP contribution in [-0.2, 0) is 16.6 Å². The van der Waals surface area contributed by atoms with Crippen LogP contribution >= 0.6 is 11.8 Å². The van der Waals surface area contributed by atoms with Crippen LogP contribution in [0.5, 0.6) is 11.5 Å². The molecule has 0 aliphatic carbocycles. The number of hydrogen-bond acceptors (Lipinski definition) is 8. The van der Waals surface area contributed by atoms with Crippen LogP contribution in [0.3, 0.4) is 0 Å². The molecule has 0 saturated carbocycles. The minimum atomic E-state index is -3.99. The Morgan fingerprint density at radius 3 is 2.65 bits per heavy atom. The van der Waals surface area contributed by atoms with Crippen LogP contribution in [-0.4, -0.2) is 36.7 Å². The highest BCUT2D eigenvalue weighted by Gasteiger charge is 2.36. The molecule has 0 radical (unpaired) electrons. The number of rotatable bonds is 6. The lowest BCUT2D eigenvalue weighted by Gasteiger charge is -2.31.